The number of aryl methyl sites for hydroxylation is 1. The molecule has 4 unspecified atom stereocenters. The van der Waals surface area contributed by atoms with Crippen molar-refractivity contribution < 1.29 is 20.1 Å². The lowest BCUT2D eigenvalue weighted by molar-refractivity contribution is -0.121. The van der Waals surface area contributed by atoms with Gasteiger partial charge in [0.1, 0.15) is 0 Å². The van der Waals surface area contributed by atoms with E-state index in [0.717, 1.165) is 19.3 Å². The summed E-state index contributed by atoms with van der Waals surface area (Å²) in [5.74, 6) is -0.139. The van der Waals surface area contributed by atoms with Gasteiger partial charge in [-0.15, -0.1) is 0 Å². The molecule has 1 aliphatic rings. The average molecular weight is 416 g/mol. The lowest BCUT2D eigenvalue weighted by atomic mass is 9.89. The molecule has 1 amide bonds. The number of hydrogen-bond acceptors (Lipinski definition) is 4. The van der Waals surface area contributed by atoms with Crippen molar-refractivity contribution in [1.29, 1.82) is 0 Å². The van der Waals surface area contributed by atoms with Crippen LogP contribution in [0, 0.1) is 11.8 Å². The molecule has 0 heterocycles. The summed E-state index contributed by atoms with van der Waals surface area (Å²) in [5, 5.41) is 33.8. The third kappa shape index (κ3) is 8.42. The maximum absolute atomic E-state index is 11.4. The van der Waals surface area contributed by atoms with Crippen molar-refractivity contribution in [1.82, 2.24) is 5.32 Å². The zero-order valence-corrected chi connectivity index (χ0v) is 18.0. The monoisotopic (exact) mass is 415 g/mol. The maximum atomic E-state index is 11.4. The van der Waals surface area contributed by atoms with Crippen molar-refractivity contribution in [2.75, 3.05) is 6.54 Å². The fourth-order valence-corrected chi connectivity index (χ4v) is 4.06. The number of carbonyl (C=O) groups excluding carboxylic acids is 1. The minimum atomic E-state index is -0.589. The normalized spacial score (nSPS) is 25.2. The van der Waals surface area contributed by atoms with Crippen LogP contribution < -0.4 is 5.32 Å². The second-order valence-electron chi connectivity index (χ2n) is 8.14. The summed E-state index contributed by atoms with van der Waals surface area (Å²) in [6, 6.07) is 10.1. The van der Waals surface area contributed by atoms with Crippen molar-refractivity contribution in [3.8, 4) is 0 Å². The average Bonchev–Trinajstić information content (AvgIpc) is 3.00. The largest absolute Gasteiger partial charge is 0.393 e. The van der Waals surface area contributed by atoms with Gasteiger partial charge in [0.25, 0.3) is 0 Å². The predicted octanol–water partition coefficient (Wildman–Crippen LogP) is 3.15. The van der Waals surface area contributed by atoms with Crippen molar-refractivity contribution >= 4 is 5.91 Å². The van der Waals surface area contributed by atoms with Crippen LogP contribution in [0.5, 0.6) is 0 Å². The predicted molar refractivity (Wildman–Crippen MR) is 120 cm³/mol. The molecule has 166 valence electrons. The van der Waals surface area contributed by atoms with Crippen LogP contribution in [0.4, 0.5) is 0 Å². The van der Waals surface area contributed by atoms with Crippen LogP contribution in [0.25, 0.3) is 0 Å². The smallest absolute Gasteiger partial charge is 0.219 e. The maximum Gasteiger partial charge on any atom is 0.219 e. The molecule has 0 radical (unpaired) electrons. The topological polar surface area (TPSA) is 89.8 Å². The molecule has 1 aromatic rings. The molecule has 30 heavy (non-hydrogen) atoms. The summed E-state index contributed by atoms with van der Waals surface area (Å²) in [6.45, 7) is 2.57. The highest BCUT2D eigenvalue weighted by atomic mass is 16.3. The molecule has 0 spiro atoms. The highest BCUT2D eigenvalue weighted by Crippen LogP contribution is 2.36. The summed E-state index contributed by atoms with van der Waals surface area (Å²) in [4.78, 5) is 11.4. The number of carbonyl (C=O) groups is 1. The number of unbranched alkanes of at least 4 members (excludes halogenated alkanes) is 1. The SMILES string of the molecule is CCNC(=O)CCC/C=C/CC1C(O)CC(O)[C@@H]1/C=C/C(O)CCc1ccccc1. The van der Waals surface area contributed by atoms with E-state index in [0.29, 0.717) is 32.2 Å². The molecule has 5 heteroatoms. The zero-order chi connectivity index (χ0) is 21.8. The first-order chi connectivity index (χ1) is 14.5. The van der Waals surface area contributed by atoms with E-state index in [1.165, 1.54) is 5.56 Å². The third-order valence-corrected chi connectivity index (χ3v) is 5.77. The van der Waals surface area contributed by atoms with E-state index in [9.17, 15) is 20.1 Å². The van der Waals surface area contributed by atoms with Crippen LogP contribution in [-0.4, -0.2) is 46.1 Å². The molecule has 2 rings (SSSR count). The molecule has 5 atom stereocenters. The Labute approximate surface area is 180 Å². The number of allylic oxidation sites excluding steroid dienone is 2. The summed E-state index contributed by atoms with van der Waals surface area (Å²) in [5.41, 5.74) is 1.19. The first-order valence-electron chi connectivity index (χ1n) is 11.2. The fourth-order valence-electron chi connectivity index (χ4n) is 4.06. The molecule has 1 aromatic carbocycles. The lowest BCUT2D eigenvalue weighted by Gasteiger charge is -2.19. The van der Waals surface area contributed by atoms with E-state index >= 15 is 0 Å². The van der Waals surface area contributed by atoms with Crippen LogP contribution in [0.2, 0.25) is 0 Å². The second kappa shape index (κ2) is 13.4. The van der Waals surface area contributed by atoms with E-state index in [1.54, 1.807) is 6.08 Å². The highest BCUT2D eigenvalue weighted by Gasteiger charge is 2.39. The van der Waals surface area contributed by atoms with Crippen LogP contribution >= 0.6 is 0 Å². The van der Waals surface area contributed by atoms with Gasteiger partial charge in [-0.1, -0.05) is 54.6 Å². The molecule has 0 bridgehead atoms. The van der Waals surface area contributed by atoms with Gasteiger partial charge >= 0.3 is 0 Å². The van der Waals surface area contributed by atoms with Gasteiger partial charge in [0.2, 0.25) is 5.91 Å². The van der Waals surface area contributed by atoms with Gasteiger partial charge < -0.3 is 20.6 Å². The number of aliphatic hydroxyl groups is 3. The van der Waals surface area contributed by atoms with Crippen molar-refractivity contribution in [2.24, 2.45) is 11.8 Å². The third-order valence-electron chi connectivity index (χ3n) is 5.77. The van der Waals surface area contributed by atoms with Gasteiger partial charge in [0, 0.05) is 25.3 Å². The second-order valence-corrected chi connectivity index (χ2v) is 8.14. The number of hydrogen-bond donors (Lipinski definition) is 4. The minimum absolute atomic E-state index is 0.0581. The van der Waals surface area contributed by atoms with E-state index in [2.05, 4.69) is 5.32 Å². The summed E-state index contributed by atoms with van der Waals surface area (Å²) in [7, 11) is 0. The van der Waals surface area contributed by atoms with Gasteiger partial charge in [-0.25, -0.2) is 0 Å². The Hall–Kier alpha value is -1.95. The summed E-state index contributed by atoms with van der Waals surface area (Å²) in [6.07, 6.45) is 10.6. The Kier molecular flexibility index (Phi) is 10.8. The van der Waals surface area contributed by atoms with Crippen LogP contribution in [0.3, 0.4) is 0 Å². The number of rotatable bonds is 12. The molecule has 5 nitrogen and oxygen atoms in total. The van der Waals surface area contributed by atoms with Gasteiger partial charge in [-0.3, -0.25) is 4.79 Å². The van der Waals surface area contributed by atoms with E-state index in [4.69, 9.17) is 0 Å². The number of nitrogens with one attached hydrogen (secondary N) is 1. The molecular weight excluding hydrogens is 378 g/mol. The Balaban J connectivity index is 1.78. The number of aliphatic hydroxyl groups excluding tert-OH is 3. The molecule has 0 saturated heterocycles. The molecule has 0 aromatic heterocycles. The summed E-state index contributed by atoms with van der Waals surface area (Å²) >= 11 is 0. The fraction of sp³-hybridized carbons (Fsp3) is 0.560. The Bertz CT molecular complexity index is 673. The first-order valence-corrected chi connectivity index (χ1v) is 11.2. The van der Waals surface area contributed by atoms with Crippen molar-refractivity contribution in [2.45, 2.75) is 70.2 Å². The summed E-state index contributed by atoms with van der Waals surface area (Å²) < 4.78 is 0. The molecule has 1 saturated carbocycles. The molecule has 1 aliphatic carbocycles. The molecule has 4 N–H and O–H groups in total. The van der Waals surface area contributed by atoms with Crippen LogP contribution in [-0.2, 0) is 11.2 Å². The number of benzene rings is 1. The minimum Gasteiger partial charge on any atom is -0.393 e. The molecular formula is C25H37NO4. The van der Waals surface area contributed by atoms with E-state index < -0.39 is 18.3 Å². The lowest BCUT2D eigenvalue weighted by Crippen LogP contribution is -2.21. The Morgan fingerprint density at radius 3 is 2.70 bits per heavy atom. The highest BCUT2D eigenvalue weighted by molar-refractivity contribution is 5.75. The van der Waals surface area contributed by atoms with Crippen LogP contribution in [0.15, 0.2) is 54.6 Å². The van der Waals surface area contributed by atoms with Gasteiger partial charge in [-0.05, 0) is 50.5 Å². The van der Waals surface area contributed by atoms with Gasteiger partial charge in [0.05, 0.1) is 18.3 Å². The van der Waals surface area contributed by atoms with Gasteiger partial charge in [0.15, 0.2) is 0 Å². The van der Waals surface area contributed by atoms with E-state index in [1.807, 2.05) is 55.5 Å². The number of amides is 1. The Morgan fingerprint density at radius 1 is 1.20 bits per heavy atom. The molecule has 0 aliphatic heterocycles. The molecule has 1 fully saturated rings. The quantitative estimate of drug-likeness (QED) is 0.312. The zero-order valence-electron chi connectivity index (χ0n) is 18.0. The standard InChI is InChI=1S/C25H37NO4/c1-2-26-25(30)13-9-4-3-8-12-21-22(24(29)18-23(21)28)17-16-20(27)15-14-19-10-6-5-7-11-19/h3,5-8,10-11,16-17,20-24,27-29H,2,4,9,12-15,18H2,1H3,(H,26,30)/b8-3+,17-16+/t20?,21?,22-,23?,24?/m1/s1. The van der Waals surface area contributed by atoms with Crippen molar-refractivity contribution in [3.63, 3.8) is 0 Å². The van der Waals surface area contributed by atoms with E-state index in [-0.39, 0.29) is 17.7 Å². The van der Waals surface area contributed by atoms with Crippen LogP contribution in [0.1, 0.15) is 51.0 Å². The first kappa shape index (κ1) is 24.3. The van der Waals surface area contributed by atoms with Crippen molar-refractivity contribution in [3.05, 3.63) is 60.2 Å². The Morgan fingerprint density at radius 2 is 1.97 bits per heavy atom. The van der Waals surface area contributed by atoms with Gasteiger partial charge in [-0.2, -0.15) is 0 Å².